The Bertz CT molecular complexity index is 315. The third kappa shape index (κ3) is 4.52. The number of hydrogen-bond donors (Lipinski definition) is 0. The van der Waals surface area contributed by atoms with Gasteiger partial charge in [-0.15, -0.1) is 13.2 Å². The molecule has 0 bridgehead atoms. The average molecular weight is 250 g/mol. The molecule has 2 heteroatoms. The van der Waals surface area contributed by atoms with Gasteiger partial charge in [0, 0.05) is 0 Å². The second-order valence-corrected chi connectivity index (χ2v) is 4.57. The number of ether oxygens (including phenoxy) is 1. The van der Waals surface area contributed by atoms with Gasteiger partial charge in [0.1, 0.15) is 6.10 Å². The van der Waals surface area contributed by atoms with Crippen LogP contribution in [0, 0.1) is 5.92 Å². The zero-order valence-electron chi connectivity index (χ0n) is 12.0. The molecule has 18 heavy (non-hydrogen) atoms. The van der Waals surface area contributed by atoms with Gasteiger partial charge in [0.25, 0.3) is 0 Å². The monoisotopic (exact) mass is 250 g/mol. The maximum Gasteiger partial charge on any atom is 0.309 e. The lowest BCUT2D eigenvalue weighted by atomic mass is 9.90. The summed E-state index contributed by atoms with van der Waals surface area (Å²) in [4.78, 5) is 11.7. The first-order chi connectivity index (χ1) is 8.60. The summed E-state index contributed by atoms with van der Waals surface area (Å²) in [5, 5.41) is 0. The maximum absolute atomic E-state index is 11.7. The van der Waals surface area contributed by atoms with Gasteiger partial charge < -0.3 is 4.74 Å². The summed E-state index contributed by atoms with van der Waals surface area (Å²) < 4.78 is 5.55. The van der Waals surface area contributed by atoms with Crippen molar-refractivity contribution in [1.82, 2.24) is 0 Å². The highest BCUT2D eigenvalue weighted by molar-refractivity contribution is 5.72. The number of carbonyl (C=O) groups excluding carboxylic acids is 1. The molecule has 0 spiro atoms. The van der Waals surface area contributed by atoms with Gasteiger partial charge in [-0.3, -0.25) is 4.79 Å². The van der Waals surface area contributed by atoms with E-state index >= 15 is 0 Å². The summed E-state index contributed by atoms with van der Waals surface area (Å²) in [5.74, 6) is -0.0881. The number of carbonyl (C=O) groups is 1. The molecule has 1 aliphatic rings. The van der Waals surface area contributed by atoms with Crippen LogP contribution < -0.4 is 0 Å². The van der Waals surface area contributed by atoms with E-state index in [1.54, 1.807) is 0 Å². The number of esters is 1. The van der Waals surface area contributed by atoms with Crippen molar-refractivity contribution in [2.45, 2.75) is 52.6 Å². The Balaban J connectivity index is 0.00000137. The van der Waals surface area contributed by atoms with Crippen LogP contribution in [0.1, 0.15) is 46.5 Å². The fourth-order valence-corrected chi connectivity index (χ4v) is 1.98. The van der Waals surface area contributed by atoms with E-state index in [4.69, 9.17) is 4.74 Å². The van der Waals surface area contributed by atoms with Crippen LogP contribution in [0.15, 0.2) is 37.0 Å². The topological polar surface area (TPSA) is 26.3 Å². The standard InChI is InChI=1S/C14H22O2.C2H4/c1-5-10(3)14(15)16-13-9-7-8-11(4)12(13)6-2;1-2/h6,10,13H,2,5,7-9H2,1,3-4H3;1-2H2. The minimum atomic E-state index is -0.0819. The van der Waals surface area contributed by atoms with Gasteiger partial charge in [-0.05, 0) is 38.2 Å². The first-order valence-electron chi connectivity index (χ1n) is 6.62. The van der Waals surface area contributed by atoms with Crippen molar-refractivity contribution in [3.63, 3.8) is 0 Å². The van der Waals surface area contributed by atoms with Crippen molar-refractivity contribution < 1.29 is 9.53 Å². The van der Waals surface area contributed by atoms with Crippen LogP contribution in [0.4, 0.5) is 0 Å². The molecule has 0 amide bonds. The molecule has 1 aliphatic carbocycles. The van der Waals surface area contributed by atoms with Crippen molar-refractivity contribution in [3.05, 3.63) is 37.0 Å². The van der Waals surface area contributed by atoms with Crippen LogP contribution in [0.2, 0.25) is 0 Å². The van der Waals surface area contributed by atoms with Gasteiger partial charge in [-0.25, -0.2) is 0 Å². The van der Waals surface area contributed by atoms with E-state index in [1.165, 1.54) is 5.57 Å². The Labute approximate surface area is 111 Å². The van der Waals surface area contributed by atoms with Crippen LogP contribution in [0.25, 0.3) is 0 Å². The second-order valence-electron chi connectivity index (χ2n) is 4.57. The summed E-state index contributed by atoms with van der Waals surface area (Å²) >= 11 is 0. The molecule has 2 nitrogen and oxygen atoms in total. The molecule has 0 radical (unpaired) electrons. The van der Waals surface area contributed by atoms with E-state index in [9.17, 15) is 4.79 Å². The Kier molecular flexibility index (Phi) is 8.10. The zero-order chi connectivity index (χ0) is 14.1. The molecule has 0 fully saturated rings. The summed E-state index contributed by atoms with van der Waals surface area (Å²) in [6.07, 6.45) is 5.73. The van der Waals surface area contributed by atoms with Gasteiger partial charge in [-0.1, -0.05) is 32.1 Å². The normalized spacial score (nSPS) is 20.5. The molecular weight excluding hydrogens is 224 g/mol. The Morgan fingerprint density at radius 3 is 2.67 bits per heavy atom. The molecule has 0 aromatic carbocycles. The molecule has 0 aromatic rings. The van der Waals surface area contributed by atoms with E-state index in [1.807, 2.05) is 19.9 Å². The summed E-state index contributed by atoms with van der Waals surface area (Å²) in [7, 11) is 0. The van der Waals surface area contributed by atoms with Crippen LogP contribution in [-0.4, -0.2) is 12.1 Å². The Morgan fingerprint density at radius 1 is 1.56 bits per heavy atom. The zero-order valence-corrected chi connectivity index (χ0v) is 12.0. The quantitative estimate of drug-likeness (QED) is 0.545. The van der Waals surface area contributed by atoms with Crippen molar-refractivity contribution >= 4 is 5.97 Å². The van der Waals surface area contributed by atoms with Crippen LogP contribution in [-0.2, 0) is 9.53 Å². The molecule has 0 aliphatic heterocycles. The third-order valence-corrected chi connectivity index (χ3v) is 3.35. The highest BCUT2D eigenvalue weighted by atomic mass is 16.5. The summed E-state index contributed by atoms with van der Waals surface area (Å²) in [6, 6.07) is 0. The molecule has 102 valence electrons. The average Bonchev–Trinajstić information content (AvgIpc) is 2.40. The van der Waals surface area contributed by atoms with Gasteiger partial charge >= 0.3 is 5.97 Å². The molecule has 2 atom stereocenters. The molecule has 2 unspecified atom stereocenters. The molecule has 1 rings (SSSR count). The van der Waals surface area contributed by atoms with E-state index in [2.05, 4.69) is 26.7 Å². The third-order valence-electron chi connectivity index (χ3n) is 3.35. The van der Waals surface area contributed by atoms with E-state index in [-0.39, 0.29) is 18.0 Å². The largest absolute Gasteiger partial charge is 0.457 e. The van der Waals surface area contributed by atoms with Gasteiger partial charge in [0.15, 0.2) is 0 Å². The number of hydrogen-bond acceptors (Lipinski definition) is 2. The first kappa shape index (κ1) is 16.7. The number of rotatable bonds is 4. The van der Waals surface area contributed by atoms with E-state index < -0.39 is 0 Å². The van der Waals surface area contributed by atoms with E-state index in [0.29, 0.717) is 0 Å². The minimum Gasteiger partial charge on any atom is -0.457 e. The molecule has 0 saturated heterocycles. The van der Waals surface area contributed by atoms with Gasteiger partial charge in [-0.2, -0.15) is 0 Å². The lowest BCUT2D eigenvalue weighted by Gasteiger charge is -2.26. The fourth-order valence-electron chi connectivity index (χ4n) is 1.98. The van der Waals surface area contributed by atoms with Crippen LogP contribution in [0.3, 0.4) is 0 Å². The highest BCUT2D eigenvalue weighted by Crippen LogP contribution is 2.28. The SMILES string of the molecule is C=C.C=CC1=C(C)CCCC1OC(=O)C(C)CC. The van der Waals surface area contributed by atoms with E-state index in [0.717, 1.165) is 31.3 Å². The lowest BCUT2D eigenvalue weighted by molar-refractivity contribution is -0.152. The highest BCUT2D eigenvalue weighted by Gasteiger charge is 2.24. The fraction of sp³-hybridized carbons (Fsp3) is 0.562. The molecule has 0 saturated carbocycles. The van der Waals surface area contributed by atoms with Crippen LogP contribution in [0.5, 0.6) is 0 Å². The summed E-state index contributed by atoms with van der Waals surface area (Å²) in [6.45, 7) is 15.8. The van der Waals surface area contributed by atoms with Crippen molar-refractivity contribution in [3.8, 4) is 0 Å². The minimum absolute atomic E-state index is 0.00621. The van der Waals surface area contributed by atoms with Gasteiger partial charge in [0.05, 0.1) is 5.92 Å². The Morgan fingerprint density at radius 2 is 2.17 bits per heavy atom. The van der Waals surface area contributed by atoms with Crippen LogP contribution >= 0.6 is 0 Å². The Hall–Kier alpha value is -1.31. The van der Waals surface area contributed by atoms with Crippen molar-refractivity contribution in [2.75, 3.05) is 0 Å². The molecule has 0 heterocycles. The maximum atomic E-state index is 11.7. The lowest BCUT2D eigenvalue weighted by Crippen LogP contribution is -2.26. The first-order valence-corrected chi connectivity index (χ1v) is 6.62. The number of allylic oxidation sites excluding steroid dienone is 1. The summed E-state index contributed by atoms with van der Waals surface area (Å²) in [5.41, 5.74) is 2.42. The second kappa shape index (κ2) is 8.73. The van der Waals surface area contributed by atoms with Crippen molar-refractivity contribution in [1.29, 1.82) is 0 Å². The van der Waals surface area contributed by atoms with Crippen molar-refractivity contribution in [2.24, 2.45) is 5.92 Å². The smallest absolute Gasteiger partial charge is 0.309 e. The predicted octanol–water partition coefficient (Wildman–Crippen LogP) is 4.43. The molecular formula is C16H26O2. The molecule has 0 aromatic heterocycles. The van der Waals surface area contributed by atoms with Gasteiger partial charge in [0.2, 0.25) is 0 Å². The molecule has 0 N–H and O–H groups in total. The predicted molar refractivity (Wildman–Crippen MR) is 77.3 cm³/mol.